The molecule has 2 N–H and O–H groups in total. The number of fused-ring (bicyclic) bond motifs is 1. The molecular formula is C23H26FN3O5S. The Morgan fingerprint density at radius 3 is 2.64 bits per heavy atom. The highest BCUT2D eigenvalue weighted by molar-refractivity contribution is 7.89. The number of carbonyl (C=O) groups excluding carboxylic acids is 1. The van der Waals surface area contributed by atoms with Crippen LogP contribution in [0, 0.1) is 13.8 Å². The summed E-state index contributed by atoms with van der Waals surface area (Å²) in [5, 5.41) is 6.65. The van der Waals surface area contributed by atoms with Crippen LogP contribution in [-0.4, -0.2) is 38.7 Å². The molecule has 0 spiro atoms. The van der Waals surface area contributed by atoms with Crippen LogP contribution in [-0.2, 0) is 26.0 Å². The van der Waals surface area contributed by atoms with Gasteiger partial charge in [-0.3, -0.25) is 4.79 Å². The third-order valence-corrected chi connectivity index (χ3v) is 7.69. The van der Waals surface area contributed by atoms with Crippen LogP contribution in [0.25, 0.3) is 0 Å². The van der Waals surface area contributed by atoms with E-state index in [4.69, 9.17) is 9.26 Å². The van der Waals surface area contributed by atoms with E-state index >= 15 is 0 Å². The maximum atomic E-state index is 13.6. The first-order valence-electron chi connectivity index (χ1n) is 10.6. The van der Waals surface area contributed by atoms with Crippen molar-refractivity contribution in [1.82, 2.24) is 15.2 Å². The van der Waals surface area contributed by atoms with Gasteiger partial charge in [-0.25, -0.2) is 12.8 Å². The summed E-state index contributed by atoms with van der Waals surface area (Å²) in [6, 6.07) is 6.15. The van der Waals surface area contributed by atoms with E-state index < -0.39 is 22.0 Å². The molecule has 1 heterocycles. The van der Waals surface area contributed by atoms with Crippen molar-refractivity contribution < 1.29 is 26.9 Å². The van der Waals surface area contributed by atoms with Gasteiger partial charge in [-0.15, -0.1) is 0 Å². The molecule has 0 saturated carbocycles. The highest BCUT2D eigenvalue weighted by Crippen LogP contribution is 2.34. The van der Waals surface area contributed by atoms with Crippen LogP contribution in [0.2, 0.25) is 0 Å². The Morgan fingerprint density at radius 1 is 1.24 bits per heavy atom. The highest BCUT2D eigenvalue weighted by Gasteiger charge is 2.37. The lowest BCUT2D eigenvalue weighted by Crippen LogP contribution is -2.51. The highest BCUT2D eigenvalue weighted by atomic mass is 32.2. The molecule has 0 fully saturated rings. The normalized spacial score (nSPS) is 21.2. The van der Waals surface area contributed by atoms with Crippen molar-refractivity contribution in [3.8, 4) is 0 Å². The van der Waals surface area contributed by atoms with E-state index in [9.17, 15) is 17.6 Å². The van der Waals surface area contributed by atoms with Crippen LogP contribution in [0.15, 0.2) is 57.2 Å². The lowest BCUT2D eigenvalue weighted by atomic mass is 9.97. The second kappa shape index (κ2) is 9.20. The molecular weight excluding hydrogens is 449 g/mol. The monoisotopic (exact) mass is 475 g/mol. The minimum atomic E-state index is -4.15. The summed E-state index contributed by atoms with van der Waals surface area (Å²) in [4.78, 5) is 13.3. The van der Waals surface area contributed by atoms with Gasteiger partial charge >= 0.3 is 0 Å². The molecule has 176 valence electrons. The Hall–Kier alpha value is -2.82. The third-order valence-electron chi connectivity index (χ3n) is 6.02. The van der Waals surface area contributed by atoms with E-state index in [1.54, 1.807) is 7.11 Å². The molecule has 10 heteroatoms. The molecule has 8 nitrogen and oxygen atoms in total. The average molecular weight is 476 g/mol. The van der Waals surface area contributed by atoms with E-state index in [0.29, 0.717) is 12.0 Å². The Labute approximate surface area is 191 Å². The summed E-state index contributed by atoms with van der Waals surface area (Å²) in [5.74, 6) is -0.738. The van der Waals surface area contributed by atoms with Crippen LogP contribution in [0.5, 0.6) is 0 Å². The van der Waals surface area contributed by atoms with Crippen molar-refractivity contribution in [2.45, 2.75) is 56.2 Å². The number of carbonyl (C=O) groups is 1. The number of hydrogen-bond acceptors (Lipinski definition) is 6. The fourth-order valence-corrected chi connectivity index (χ4v) is 6.01. The van der Waals surface area contributed by atoms with E-state index in [1.165, 1.54) is 26.0 Å². The van der Waals surface area contributed by atoms with Crippen LogP contribution < -0.4 is 10.0 Å². The maximum Gasteiger partial charge on any atom is 0.246 e. The van der Waals surface area contributed by atoms with Gasteiger partial charge < -0.3 is 14.6 Å². The van der Waals surface area contributed by atoms with Gasteiger partial charge in [-0.1, -0.05) is 35.5 Å². The fourth-order valence-electron chi connectivity index (χ4n) is 4.48. The second-order valence-electron chi connectivity index (χ2n) is 8.24. The van der Waals surface area contributed by atoms with Crippen molar-refractivity contribution in [2.24, 2.45) is 0 Å². The Kier molecular flexibility index (Phi) is 6.51. The zero-order valence-electron chi connectivity index (χ0n) is 18.6. The standard InChI is InChI=1S/C23H26FN3O5S/c1-13-22(14(2)32-26-13)33(29,30)27-20(15-8-10-17(24)11-9-15)23(28)25-19-12-16-6-4-5-7-18(16)21(19)31-3/h4-8,10,19-21,27H,9,11-12H2,1-3H3,(H,25,28)/t19?,20-,21?/m0/s1. The van der Waals surface area contributed by atoms with E-state index in [1.807, 2.05) is 24.3 Å². The number of aromatic nitrogens is 1. The van der Waals surface area contributed by atoms with Crippen molar-refractivity contribution in [1.29, 1.82) is 0 Å². The number of halogens is 1. The number of methoxy groups -OCH3 is 1. The minimum absolute atomic E-state index is 0.0955. The van der Waals surface area contributed by atoms with Crippen molar-refractivity contribution >= 4 is 15.9 Å². The quantitative estimate of drug-likeness (QED) is 0.637. The van der Waals surface area contributed by atoms with Gasteiger partial charge in [0.05, 0.1) is 6.04 Å². The smallest absolute Gasteiger partial charge is 0.246 e. The zero-order chi connectivity index (χ0) is 23.8. The topological polar surface area (TPSA) is 111 Å². The first-order chi connectivity index (χ1) is 15.7. The molecule has 33 heavy (non-hydrogen) atoms. The second-order valence-corrected chi connectivity index (χ2v) is 9.89. The predicted molar refractivity (Wildman–Crippen MR) is 118 cm³/mol. The number of allylic oxidation sites excluding steroid dienone is 3. The first kappa shape index (κ1) is 23.3. The van der Waals surface area contributed by atoms with Gasteiger partial charge in [0, 0.05) is 13.5 Å². The number of nitrogens with zero attached hydrogens (tertiary/aromatic N) is 1. The third kappa shape index (κ3) is 4.64. The summed E-state index contributed by atoms with van der Waals surface area (Å²) < 4.78 is 53.0. The Balaban J connectivity index is 1.62. The molecule has 0 radical (unpaired) electrons. The summed E-state index contributed by atoms with van der Waals surface area (Å²) in [6.07, 6.45) is 3.21. The molecule has 3 atom stereocenters. The van der Waals surface area contributed by atoms with Crippen molar-refractivity contribution in [3.05, 3.63) is 70.4 Å². The largest absolute Gasteiger partial charge is 0.375 e. The summed E-state index contributed by atoms with van der Waals surface area (Å²) in [6.45, 7) is 3.00. The molecule has 0 saturated heterocycles. The molecule has 1 amide bonds. The van der Waals surface area contributed by atoms with Gasteiger partial charge in [0.2, 0.25) is 15.9 Å². The number of nitrogens with one attached hydrogen (secondary N) is 2. The van der Waals surface area contributed by atoms with Gasteiger partial charge in [-0.05, 0) is 49.5 Å². The predicted octanol–water partition coefficient (Wildman–Crippen LogP) is 2.94. The molecule has 2 aliphatic rings. The Morgan fingerprint density at radius 2 is 2.00 bits per heavy atom. The van der Waals surface area contributed by atoms with Crippen molar-refractivity contribution in [3.63, 3.8) is 0 Å². The van der Waals surface area contributed by atoms with E-state index in [-0.39, 0.29) is 47.2 Å². The van der Waals surface area contributed by atoms with Gasteiger partial charge in [0.25, 0.3) is 0 Å². The molecule has 2 aromatic rings. The maximum absolute atomic E-state index is 13.6. The van der Waals surface area contributed by atoms with E-state index in [2.05, 4.69) is 15.2 Å². The average Bonchev–Trinajstić information content (AvgIpc) is 3.31. The van der Waals surface area contributed by atoms with Crippen LogP contribution in [0.4, 0.5) is 4.39 Å². The number of aryl methyl sites for hydroxylation is 2. The fraction of sp³-hybridized carbons (Fsp3) is 0.391. The number of benzene rings is 1. The number of hydrogen-bond donors (Lipinski definition) is 2. The molecule has 4 rings (SSSR count). The number of rotatable bonds is 7. The molecule has 0 aliphatic heterocycles. The lowest BCUT2D eigenvalue weighted by Gasteiger charge is -2.26. The van der Waals surface area contributed by atoms with Crippen LogP contribution >= 0.6 is 0 Å². The Bertz CT molecular complexity index is 1210. The SMILES string of the molecule is COC1c2ccccc2CC1NC(=O)[C@@H](NS(=O)(=O)c1c(C)noc1C)C1=CC=C(F)CC1. The first-order valence-corrected chi connectivity index (χ1v) is 12.1. The van der Waals surface area contributed by atoms with Gasteiger partial charge in [0.15, 0.2) is 5.76 Å². The molecule has 2 aliphatic carbocycles. The lowest BCUT2D eigenvalue weighted by molar-refractivity contribution is -0.123. The molecule has 0 bridgehead atoms. The summed E-state index contributed by atoms with van der Waals surface area (Å²) >= 11 is 0. The minimum Gasteiger partial charge on any atom is -0.375 e. The zero-order valence-corrected chi connectivity index (χ0v) is 19.4. The van der Waals surface area contributed by atoms with Crippen molar-refractivity contribution in [2.75, 3.05) is 7.11 Å². The number of ether oxygens (including phenoxy) is 1. The van der Waals surface area contributed by atoms with Gasteiger partial charge in [-0.2, -0.15) is 4.72 Å². The molecule has 1 aromatic carbocycles. The summed E-state index contributed by atoms with van der Waals surface area (Å²) in [7, 11) is -2.58. The summed E-state index contributed by atoms with van der Waals surface area (Å²) in [5.41, 5.74) is 2.70. The van der Waals surface area contributed by atoms with Gasteiger partial charge in [0.1, 0.15) is 28.6 Å². The van der Waals surface area contributed by atoms with E-state index in [0.717, 1.165) is 11.1 Å². The number of sulfonamides is 1. The molecule has 1 aromatic heterocycles. The van der Waals surface area contributed by atoms with Crippen LogP contribution in [0.3, 0.4) is 0 Å². The molecule has 2 unspecified atom stereocenters. The number of amides is 1. The van der Waals surface area contributed by atoms with Crippen LogP contribution in [0.1, 0.15) is 41.5 Å².